The second-order valence-corrected chi connectivity index (χ2v) is 5.78. The van der Waals surface area contributed by atoms with Gasteiger partial charge in [-0.15, -0.1) is 0 Å². The molecule has 1 aromatic heterocycles. The second-order valence-electron chi connectivity index (χ2n) is 5.78. The summed E-state index contributed by atoms with van der Waals surface area (Å²) in [5, 5.41) is 9.23. The Hall–Kier alpha value is -1.85. The molecule has 0 aliphatic heterocycles. The van der Waals surface area contributed by atoms with Gasteiger partial charge in [-0.05, 0) is 32.1 Å². The van der Waals surface area contributed by atoms with Gasteiger partial charge in [0, 0.05) is 12.0 Å². The van der Waals surface area contributed by atoms with Gasteiger partial charge in [-0.2, -0.15) is 0 Å². The molecule has 0 saturated heterocycles. The molecule has 1 fully saturated rings. The van der Waals surface area contributed by atoms with Crippen molar-refractivity contribution in [3.05, 3.63) is 11.8 Å². The van der Waals surface area contributed by atoms with E-state index < -0.39 is 6.04 Å². The van der Waals surface area contributed by atoms with E-state index in [0.29, 0.717) is 23.9 Å². The van der Waals surface area contributed by atoms with E-state index >= 15 is 0 Å². The maximum Gasteiger partial charge on any atom is 0.248 e. The number of nitrogens with zero attached hydrogens (tertiary/aromatic N) is 1. The highest BCUT2D eigenvalue weighted by Gasteiger charge is 2.32. The first-order valence-electron chi connectivity index (χ1n) is 7.00. The van der Waals surface area contributed by atoms with E-state index in [4.69, 9.17) is 4.52 Å². The zero-order valence-corrected chi connectivity index (χ0v) is 12.1. The van der Waals surface area contributed by atoms with Crippen molar-refractivity contribution in [3.63, 3.8) is 0 Å². The van der Waals surface area contributed by atoms with Crippen LogP contribution in [-0.4, -0.2) is 23.0 Å². The summed E-state index contributed by atoms with van der Waals surface area (Å²) in [4.78, 5) is 24.1. The summed E-state index contributed by atoms with van der Waals surface area (Å²) in [5.41, 5.74) is 0. The maximum absolute atomic E-state index is 12.2. The number of carbonyl (C=O) groups is 2. The normalized spacial score (nSPS) is 16.0. The molecule has 2 N–H and O–H groups in total. The molecule has 110 valence electrons. The first-order valence-corrected chi connectivity index (χ1v) is 7.00. The Labute approximate surface area is 118 Å². The third-order valence-electron chi connectivity index (χ3n) is 3.17. The van der Waals surface area contributed by atoms with Crippen LogP contribution in [0.25, 0.3) is 0 Å². The van der Waals surface area contributed by atoms with E-state index in [-0.39, 0.29) is 17.7 Å². The molecule has 6 heteroatoms. The Bertz CT molecular complexity index is 492. The van der Waals surface area contributed by atoms with Gasteiger partial charge >= 0.3 is 0 Å². The van der Waals surface area contributed by atoms with Gasteiger partial charge in [0.1, 0.15) is 11.8 Å². The van der Waals surface area contributed by atoms with Crippen LogP contribution in [0, 0.1) is 18.8 Å². The summed E-state index contributed by atoms with van der Waals surface area (Å²) >= 11 is 0. The Morgan fingerprint density at radius 1 is 1.45 bits per heavy atom. The molecule has 1 aliphatic carbocycles. The maximum atomic E-state index is 12.2. The molecule has 1 atom stereocenters. The fraction of sp³-hybridized carbons (Fsp3) is 0.643. The van der Waals surface area contributed by atoms with Crippen molar-refractivity contribution in [2.45, 2.75) is 46.1 Å². The summed E-state index contributed by atoms with van der Waals surface area (Å²) in [6.07, 6.45) is 2.44. The van der Waals surface area contributed by atoms with Gasteiger partial charge in [-0.25, -0.2) is 0 Å². The van der Waals surface area contributed by atoms with Crippen LogP contribution in [-0.2, 0) is 9.59 Å². The topological polar surface area (TPSA) is 84.2 Å². The minimum absolute atomic E-state index is 0.0258. The van der Waals surface area contributed by atoms with E-state index in [1.54, 1.807) is 13.0 Å². The van der Waals surface area contributed by atoms with Crippen LogP contribution in [0.2, 0.25) is 0 Å². The van der Waals surface area contributed by atoms with E-state index in [1.165, 1.54) is 0 Å². The Balaban J connectivity index is 1.96. The Morgan fingerprint density at radius 2 is 2.15 bits per heavy atom. The molecule has 1 heterocycles. The fourth-order valence-electron chi connectivity index (χ4n) is 1.98. The number of carbonyl (C=O) groups excluding carboxylic acids is 2. The highest BCUT2D eigenvalue weighted by Crippen LogP contribution is 2.29. The van der Waals surface area contributed by atoms with Crippen molar-refractivity contribution in [1.29, 1.82) is 0 Å². The third kappa shape index (κ3) is 4.08. The van der Waals surface area contributed by atoms with Gasteiger partial charge in [0.05, 0.1) is 0 Å². The number of amides is 2. The SMILES string of the molecule is Cc1cc(NC(=O)[C@@H](CC(C)C)NC(=O)C2CC2)no1. The number of aromatic nitrogens is 1. The van der Waals surface area contributed by atoms with E-state index in [0.717, 1.165) is 12.8 Å². The molecule has 2 amide bonds. The summed E-state index contributed by atoms with van der Waals surface area (Å²) in [6.45, 7) is 5.79. The van der Waals surface area contributed by atoms with Crippen molar-refractivity contribution in [1.82, 2.24) is 10.5 Å². The van der Waals surface area contributed by atoms with Crippen molar-refractivity contribution in [2.75, 3.05) is 5.32 Å². The van der Waals surface area contributed by atoms with Gasteiger partial charge in [0.25, 0.3) is 0 Å². The molecule has 1 aliphatic rings. The van der Waals surface area contributed by atoms with Crippen molar-refractivity contribution in [3.8, 4) is 0 Å². The molecular formula is C14H21N3O3. The van der Waals surface area contributed by atoms with Crippen LogP contribution in [0.1, 0.15) is 38.9 Å². The molecule has 0 unspecified atom stereocenters. The summed E-state index contributed by atoms with van der Waals surface area (Å²) in [7, 11) is 0. The molecule has 1 saturated carbocycles. The van der Waals surface area contributed by atoms with Crippen LogP contribution in [0.5, 0.6) is 0 Å². The molecular weight excluding hydrogens is 258 g/mol. The average Bonchev–Trinajstić information content (AvgIpc) is 3.13. The number of nitrogens with one attached hydrogen (secondary N) is 2. The zero-order valence-electron chi connectivity index (χ0n) is 12.1. The van der Waals surface area contributed by atoms with Gasteiger partial charge in [-0.1, -0.05) is 19.0 Å². The molecule has 0 radical (unpaired) electrons. The monoisotopic (exact) mass is 279 g/mol. The van der Waals surface area contributed by atoms with Crippen LogP contribution >= 0.6 is 0 Å². The first kappa shape index (κ1) is 14.6. The van der Waals surface area contributed by atoms with Crippen LogP contribution in [0.4, 0.5) is 5.82 Å². The van der Waals surface area contributed by atoms with E-state index in [2.05, 4.69) is 15.8 Å². The molecule has 0 bridgehead atoms. The summed E-state index contributed by atoms with van der Waals surface area (Å²) < 4.78 is 4.90. The predicted octanol–water partition coefficient (Wildman–Crippen LogP) is 1.86. The first-order chi connectivity index (χ1) is 9.45. The largest absolute Gasteiger partial charge is 0.360 e. The summed E-state index contributed by atoms with van der Waals surface area (Å²) in [6, 6.07) is 1.12. The number of hydrogen-bond donors (Lipinski definition) is 2. The standard InChI is InChI=1S/C14H21N3O3/c1-8(2)6-11(15-13(18)10-4-5-10)14(19)16-12-7-9(3)20-17-12/h7-8,10-11H,4-6H2,1-3H3,(H,15,18)(H,16,17,19)/t11-/m1/s1. The van der Waals surface area contributed by atoms with Crippen molar-refractivity contribution in [2.24, 2.45) is 11.8 Å². The molecule has 2 rings (SSSR count). The third-order valence-corrected chi connectivity index (χ3v) is 3.17. The van der Waals surface area contributed by atoms with Gasteiger partial charge in [0.2, 0.25) is 11.8 Å². The van der Waals surface area contributed by atoms with Gasteiger partial charge in [0.15, 0.2) is 5.82 Å². The molecule has 0 aromatic carbocycles. The number of anilines is 1. The van der Waals surface area contributed by atoms with Crippen LogP contribution in [0.15, 0.2) is 10.6 Å². The lowest BCUT2D eigenvalue weighted by Gasteiger charge is -2.19. The smallest absolute Gasteiger partial charge is 0.248 e. The van der Waals surface area contributed by atoms with Crippen LogP contribution in [0.3, 0.4) is 0 Å². The van der Waals surface area contributed by atoms with Crippen LogP contribution < -0.4 is 10.6 Å². The Kier molecular flexibility index (Phi) is 4.42. The molecule has 0 spiro atoms. The van der Waals surface area contributed by atoms with E-state index in [1.807, 2.05) is 13.8 Å². The predicted molar refractivity (Wildman–Crippen MR) is 74.0 cm³/mol. The Morgan fingerprint density at radius 3 is 2.65 bits per heavy atom. The van der Waals surface area contributed by atoms with Crippen molar-refractivity contribution >= 4 is 17.6 Å². The quantitative estimate of drug-likeness (QED) is 0.832. The second kappa shape index (κ2) is 6.07. The fourth-order valence-corrected chi connectivity index (χ4v) is 1.98. The highest BCUT2D eigenvalue weighted by atomic mass is 16.5. The van der Waals surface area contributed by atoms with Gasteiger partial charge in [-0.3, -0.25) is 9.59 Å². The lowest BCUT2D eigenvalue weighted by Crippen LogP contribution is -2.45. The minimum atomic E-state index is -0.528. The number of aryl methyl sites for hydroxylation is 1. The molecule has 20 heavy (non-hydrogen) atoms. The highest BCUT2D eigenvalue weighted by molar-refractivity contribution is 5.97. The molecule has 6 nitrogen and oxygen atoms in total. The average molecular weight is 279 g/mol. The summed E-state index contributed by atoms with van der Waals surface area (Å²) in [5.74, 6) is 1.13. The lowest BCUT2D eigenvalue weighted by atomic mass is 10.0. The zero-order chi connectivity index (χ0) is 14.7. The minimum Gasteiger partial charge on any atom is -0.360 e. The number of rotatable bonds is 6. The van der Waals surface area contributed by atoms with Gasteiger partial charge < -0.3 is 15.2 Å². The van der Waals surface area contributed by atoms with Crippen molar-refractivity contribution < 1.29 is 14.1 Å². The number of hydrogen-bond acceptors (Lipinski definition) is 4. The lowest BCUT2D eigenvalue weighted by molar-refractivity contribution is -0.127. The van der Waals surface area contributed by atoms with E-state index in [9.17, 15) is 9.59 Å². The molecule has 1 aromatic rings.